The molecule has 1 aliphatic rings. The van der Waals surface area contributed by atoms with Crippen LogP contribution in [0.2, 0.25) is 0 Å². The van der Waals surface area contributed by atoms with Crippen LogP contribution in [-0.4, -0.2) is 30.9 Å². The van der Waals surface area contributed by atoms with E-state index in [0.717, 1.165) is 36.1 Å². The summed E-state index contributed by atoms with van der Waals surface area (Å²) >= 11 is 1.18. The molecule has 0 saturated heterocycles. The molecule has 0 bridgehead atoms. The second-order valence-electron chi connectivity index (χ2n) is 5.50. The molecule has 6 heteroatoms. The lowest BCUT2D eigenvalue weighted by Crippen LogP contribution is -2.36. The van der Waals surface area contributed by atoms with Crippen molar-refractivity contribution in [1.29, 1.82) is 0 Å². The standard InChI is InChI=1S/C14H23NO3S2/c1-11-9-14(19-13(11)10-16)20(17,18)15(2)12-7-5-3-4-6-8-12/h9,12,16H,3-8,10H2,1-2H3. The summed E-state index contributed by atoms with van der Waals surface area (Å²) < 4.78 is 27.3. The Kier molecular flexibility index (Phi) is 5.23. The van der Waals surface area contributed by atoms with Gasteiger partial charge in [0.15, 0.2) is 0 Å². The highest BCUT2D eigenvalue weighted by molar-refractivity contribution is 7.91. The molecule has 20 heavy (non-hydrogen) atoms. The first-order chi connectivity index (χ1) is 9.46. The molecule has 1 aromatic heterocycles. The van der Waals surface area contributed by atoms with Crippen LogP contribution in [0.1, 0.15) is 49.0 Å². The molecule has 1 fully saturated rings. The first-order valence-electron chi connectivity index (χ1n) is 7.15. The highest BCUT2D eigenvalue weighted by atomic mass is 32.2. The number of hydrogen-bond donors (Lipinski definition) is 1. The summed E-state index contributed by atoms with van der Waals surface area (Å²) in [5, 5.41) is 9.22. The number of thiophene rings is 1. The third-order valence-corrected chi connectivity index (χ3v) is 7.69. The molecular formula is C14H23NO3S2. The molecule has 0 amide bonds. The predicted molar refractivity (Wildman–Crippen MR) is 81.4 cm³/mol. The maximum Gasteiger partial charge on any atom is 0.252 e. The summed E-state index contributed by atoms with van der Waals surface area (Å²) in [6.07, 6.45) is 6.53. The van der Waals surface area contributed by atoms with Crippen molar-refractivity contribution < 1.29 is 13.5 Å². The van der Waals surface area contributed by atoms with Crippen molar-refractivity contribution in [3.8, 4) is 0 Å². The Morgan fingerprint density at radius 1 is 1.30 bits per heavy atom. The predicted octanol–water partition coefficient (Wildman–Crippen LogP) is 2.89. The third-order valence-electron chi connectivity index (χ3n) is 4.11. The van der Waals surface area contributed by atoms with Gasteiger partial charge in [0.2, 0.25) is 0 Å². The smallest absolute Gasteiger partial charge is 0.252 e. The van der Waals surface area contributed by atoms with Gasteiger partial charge in [0.1, 0.15) is 4.21 Å². The van der Waals surface area contributed by atoms with Gasteiger partial charge in [-0.3, -0.25) is 0 Å². The molecule has 0 radical (unpaired) electrons. The number of hydrogen-bond acceptors (Lipinski definition) is 4. The zero-order chi connectivity index (χ0) is 14.8. The number of sulfonamides is 1. The van der Waals surface area contributed by atoms with Crippen molar-refractivity contribution in [2.45, 2.75) is 62.3 Å². The molecule has 2 rings (SSSR count). The molecule has 0 atom stereocenters. The Bertz CT molecular complexity index is 543. The van der Waals surface area contributed by atoms with Crippen LogP contribution in [0, 0.1) is 6.92 Å². The highest BCUT2D eigenvalue weighted by Gasteiger charge is 2.30. The van der Waals surface area contributed by atoms with Crippen LogP contribution in [0.25, 0.3) is 0 Å². The number of aryl methyl sites for hydroxylation is 1. The second-order valence-corrected chi connectivity index (χ2v) is 8.86. The Labute approximate surface area is 125 Å². The van der Waals surface area contributed by atoms with Gasteiger partial charge in [0, 0.05) is 18.0 Å². The highest BCUT2D eigenvalue weighted by Crippen LogP contribution is 2.31. The molecule has 0 aromatic carbocycles. The summed E-state index contributed by atoms with van der Waals surface area (Å²) in [4.78, 5) is 0.734. The molecule has 0 unspecified atom stereocenters. The van der Waals surface area contributed by atoms with Crippen molar-refractivity contribution >= 4 is 21.4 Å². The van der Waals surface area contributed by atoms with Crippen molar-refractivity contribution in [3.05, 3.63) is 16.5 Å². The zero-order valence-corrected chi connectivity index (χ0v) is 13.8. The van der Waals surface area contributed by atoms with Crippen molar-refractivity contribution in [2.75, 3.05) is 7.05 Å². The van der Waals surface area contributed by atoms with E-state index in [1.54, 1.807) is 17.4 Å². The number of aliphatic hydroxyl groups excluding tert-OH is 1. The topological polar surface area (TPSA) is 57.6 Å². The minimum atomic E-state index is -3.43. The molecule has 1 saturated carbocycles. The van der Waals surface area contributed by atoms with Gasteiger partial charge in [-0.25, -0.2) is 8.42 Å². The van der Waals surface area contributed by atoms with Crippen molar-refractivity contribution in [3.63, 3.8) is 0 Å². The molecule has 0 spiro atoms. The average molecular weight is 317 g/mol. The van der Waals surface area contributed by atoms with E-state index in [2.05, 4.69) is 0 Å². The lowest BCUT2D eigenvalue weighted by Gasteiger charge is -2.25. The number of nitrogens with zero attached hydrogens (tertiary/aromatic N) is 1. The Balaban J connectivity index is 2.23. The fraction of sp³-hybridized carbons (Fsp3) is 0.714. The molecule has 114 valence electrons. The molecular weight excluding hydrogens is 294 g/mol. The quantitative estimate of drug-likeness (QED) is 0.869. The molecule has 1 aliphatic carbocycles. The molecule has 0 aliphatic heterocycles. The largest absolute Gasteiger partial charge is 0.391 e. The van der Waals surface area contributed by atoms with E-state index < -0.39 is 10.0 Å². The second kappa shape index (κ2) is 6.56. The van der Waals surface area contributed by atoms with Gasteiger partial charge in [-0.2, -0.15) is 4.31 Å². The fourth-order valence-electron chi connectivity index (χ4n) is 2.73. The number of rotatable bonds is 4. The van der Waals surface area contributed by atoms with Gasteiger partial charge in [-0.05, 0) is 31.4 Å². The summed E-state index contributed by atoms with van der Waals surface area (Å²) in [5.41, 5.74) is 0.852. The summed E-state index contributed by atoms with van der Waals surface area (Å²) in [7, 11) is -1.73. The van der Waals surface area contributed by atoms with Crippen LogP contribution in [0.5, 0.6) is 0 Å². The summed E-state index contributed by atoms with van der Waals surface area (Å²) in [5.74, 6) is 0. The van der Waals surface area contributed by atoms with E-state index in [4.69, 9.17) is 0 Å². The minimum Gasteiger partial charge on any atom is -0.391 e. The van der Waals surface area contributed by atoms with Crippen LogP contribution in [-0.2, 0) is 16.6 Å². The Morgan fingerprint density at radius 2 is 1.90 bits per heavy atom. The van der Waals surface area contributed by atoms with Crippen LogP contribution in [0.15, 0.2) is 10.3 Å². The molecule has 1 N–H and O–H groups in total. The van der Waals surface area contributed by atoms with E-state index in [9.17, 15) is 13.5 Å². The van der Waals surface area contributed by atoms with Gasteiger partial charge in [-0.15, -0.1) is 11.3 Å². The van der Waals surface area contributed by atoms with E-state index in [-0.39, 0.29) is 12.6 Å². The van der Waals surface area contributed by atoms with Gasteiger partial charge < -0.3 is 5.11 Å². The monoisotopic (exact) mass is 317 g/mol. The maximum atomic E-state index is 12.7. The normalized spacial score (nSPS) is 18.4. The summed E-state index contributed by atoms with van der Waals surface area (Å²) in [6.45, 7) is 1.74. The van der Waals surface area contributed by atoms with Gasteiger partial charge in [0.05, 0.1) is 6.61 Å². The van der Waals surface area contributed by atoms with Crippen LogP contribution in [0.3, 0.4) is 0 Å². The first kappa shape index (κ1) is 15.9. The maximum absolute atomic E-state index is 12.7. The lowest BCUT2D eigenvalue weighted by molar-refractivity contribution is 0.285. The fourth-order valence-corrected chi connectivity index (χ4v) is 5.78. The first-order valence-corrected chi connectivity index (χ1v) is 9.40. The van der Waals surface area contributed by atoms with Crippen LogP contribution in [0.4, 0.5) is 0 Å². The minimum absolute atomic E-state index is 0.0981. The van der Waals surface area contributed by atoms with Gasteiger partial charge >= 0.3 is 0 Å². The molecule has 4 nitrogen and oxygen atoms in total. The molecule has 1 heterocycles. The van der Waals surface area contributed by atoms with Gasteiger partial charge in [0.25, 0.3) is 10.0 Å². The van der Waals surface area contributed by atoms with Crippen molar-refractivity contribution in [1.82, 2.24) is 4.31 Å². The van der Waals surface area contributed by atoms with Crippen molar-refractivity contribution in [2.24, 2.45) is 0 Å². The Morgan fingerprint density at radius 3 is 2.40 bits per heavy atom. The summed E-state index contributed by atoms with van der Waals surface area (Å²) in [6, 6.07) is 1.79. The van der Waals surface area contributed by atoms with E-state index in [0.29, 0.717) is 4.21 Å². The third kappa shape index (κ3) is 3.24. The zero-order valence-electron chi connectivity index (χ0n) is 12.1. The SMILES string of the molecule is Cc1cc(S(=O)(=O)N(C)C2CCCCCC2)sc1CO. The molecule has 1 aromatic rings. The average Bonchev–Trinajstić information content (AvgIpc) is 2.65. The van der Waals surface area contributed by atoms with Crippen LogP contribution < -0.4 is 0 Å². The number of aliphatic hydroxyl groups is 1. The van der Waals surface area contributed by atoms with E-state index in [1.165, 1.54) is 24.2 Å². The van der Waals surface area contributed by atoms with E-state index in [1.807, 2.05) is 6.92 Å². The van der Waals surface area contributed by atoms with Crippen LogP contribution >= 0.6 is 11.3 Å². The van der Waals surface area contributed by atoms with E-state index >= 15 is 0 Å². The Hall–Kier alpha value is -0.430. The lowest BCUT2D eigenvalue weighted by atomic mass is 10.1. The van der Waals surface area contributed by atoms with Gasteiger partial charge in [-0.1, -0.05) is 25.7 Å².